The van der Waals surface area contributed by atoms with Gasteiger partial charge in [-0.3, -0.25) is 19.4 Å². The molecule has 3 fully saturated rings. The third-order valence-corrected chi connectivity index (χ3v) is 8.10. The second-order valence-electron chi connectivity index (χ2n) is 11.3. The number of pyridine rings is 1. The first-order valence-corrected chi connectivity index (χ1v) is 14.0. The Morgan fingerprint density at radius 1 is 1.07 bits per heavy atom. The number of urea groups is 1. The monoisotopic (exact) mass is 566 g/mol. The van der Waals surface area contributed by atoms with Crippen molar-refractivity contribution < 1.29 is 14.4 Å². The van der Waals surface area contributed by atoms with Crippen LogP contribution in [0.25, 0.3) is 5.65 Å². The summed E-state index contributed by atoms with van der Waals surface area (Å²) in [6, 6.07) is 4.89. The Morgan fingerprint density at radius 2 is 1.88 bits per heavy atom. The van der Waals surface area contributed by atoms with Crippen LogP contribution in [0.4, 0.5) is 22.1 Å². The van der Waals surface area contributed by atoms with Gasteiger partial charge in [-0.2, -0.15) is 0 Å². The Kier molecular flexibility index (Phi) is 6.10. The molecule has 0 aromatic carbocycles. The Balaban J connectivity index is 1.08. The number of fused-ring (bicyclic) bond motifs is 1. The summed E-state index contributed by atoms with van der Waals surface area (Å²) in [5.74, 6) is 1.52. The topological polar surface area (TPSA) is 151 Å². The molecule has 4 aromatic rings. The summed E-state index contributed by atoms with van der Waals surface area (Å²) < 4.78 is 1.93. The highest BCUT2D eigenvalue weighted by atomic mass is 16.2. The lowest BCUT2D eigenvalue weighted by atomic mass is 10.1. The molecule has 4 amide bonds. The molecule has 13 heteroatoms. The average molecular weight is 567 g/mol. The lowest BCUT2D eigenvalue weighted by Gasteiger charge is -2.17. The Hall–Kier alpha value is -4.94. The number of hydrogen-bond acceptors (Lipinski definition) is 9. The van der Waals surface area contributed by atoms with E-state index in [0.717, 1.165) is 34.7 Å². The Labute approximate surface area is 241 Å². The molecule has 2 saturated carbocycles. The van der Waals surface area contributed by atoms with Crippen LogP contribution < -0.4 is 15.5 Å². The van der Waals surface area contributed by atoms with E-state index >= 15 is 0 Å². The molecule has 1 saturated heterocycles. The number of anilines is 3. The van der Waals surface area contributed by atoms with Crippen LogP contribution in [0.3, 0.4) is 0 Å². The summed E-state index contributed by atoms with van der Waals surface area (Å²) >= 11 is 0. The third-order valence-electron chi connectivity index (χ3n) is 8.10. The molecule has 2 aliphatic carbocycles. The first kappa shape index (κ1) is 26.0. The predicted molar refractivity (Wildman–Crippen MR) is 153 cm³/mol. The van der Waals surface area contributed by atoms with Crippen LogP contribution in [0.15, 0.2) is 43.1 Å². The Morgan fingerprint density at radius 3 is 2.62 bits per heavy atom. The van der Waals surface area contributed by atoms with Crippen molar-refractivity contribution in [2.75, 3.05) is 29.1 Å². The van der Waals surface area contributed by atoms with Crippen molar-refractivity contribution in [1.29, 1.82) is 0 Å². The van der Waals surface area contributed by atoms with Crippen LogP contribution in [0.2, 0.25) is 0 Å². The molecule has 4 aromatic heterocycles. The van der Waals surface area contributed by atoms with Crippen molar-refractivity contribution in [3.63, 3.8) is 0 Å². The maximum Gasteiger partial charge on any atom is 0.331 e. The summed E-state index contributed by atoms with van der Waals surface area (Å²) in [7, 11) is 1.50. The van der Waals surface area contributed by atoms with Gasteiger partial charge in [-0.05, 0) is 56.7 Å². The number of rotatable bonds is 8. The minimum atomic E-state index is -0.356. The second-order valence-corrected chi connectivity index (χ2v) is 11.3. The van der Waals surface area contributed by atoms with E-state index in [-0.39, 0.29) is 42.3 Å². The van der Waals surface area contributed by atoms with Crippen LogP contribution in [-0.4, -0.2) is 65.7 Å². The number of imide groups is 1. The summed E-state index contributed by atoms with van der Waals surface area (Å²) in [4.78, 5) is 62.8. The molecule has 13 nitrogen and oxygen atoms in total. The average Bonchev–Trinajstić information content (AvgIpc) is 3.90. The van der Waals surface area contributed by atoms with Crippen LogP contribution in [0.5, 0.6) is 0 Å². The number of imidazole rings is 1. The fourth-order valence-corrected chi connectivity index (χ4v) is 5.39. The summed E-state index contributed by atoms with van der Waals surface area (Å²) in [6.07, 6.45) is 10.0. The fraction of sp³-hybridized carbons (Fsp3) is 0.379. The van der Waals surface area contributed by atoms with Gasteiger partial charge < -0.3 is 15.0 Å². The van der Waals surface area contributed by atoms with E-state index in [2.05, 4.69) is 36.8 Å². The number of amides is 4. The molecule has 1 unspecified atom stereocenters. The first-order valence-electron chi connectivity index (χ1n) is 14.0. The predicted octanol–water partition coefficient (Wildman–Crippen LogP) is 3.41. The highest BCUT2D eigenvalue weighted by Crippen LogP contribution is 2.46. The SMILES string of the molecule is Cc1ccnc([C@H]2C[C@@H]2C(=O)Nc2cc(NC(C)c3cn4cc(C5CC5)cc(N5CC(=O)N(C)C5=O)c4n3)ncn2)n1. The highest BCUT2D eigenvalue weighted by Gasteiger charge is 2.46. The number of aryl methyl sites for hydroxylation is 1. The van der Waals surface area contributed by atoms with E-state index < -0.39 is 0 Å². The second kappa shape index (κ2) is 9.86. The zero-order chi connectivity index (χ0) is 29.1. The Bertz CT molecular complexity index is 1750. The van der Waals surface area contributed by atoms with Gasteiger partial charge in [0, 0.05) is 49.2 Å². The lowest BCUT2D eigenvalue weighted by molar-refractivity contribution is -0.124. The molecular weight excluding hydrogens is 536 g/mol. The zero-order valence-electron chi connectivity index (χ0n) is 23.5. The van der Waals surface area contributed by atoms with Gasteiger partial charge >= 0.3 is 6.03 Å². The number of nitrogens with one attached hydrogen (secondary N) is 2. The number of likely N-dealkylation sites (N-methyl/N-ethyl adjacent to an activating group) is 1. The van der Waals surface area contributed by atoms with Crippen molar-refractivity contribution in [2.24, 2.45) is 5.92 Å². The van der Waals surface area contributed by atoms with Gasteiger partial charge in [0.25, 0.3) is 0 Å². The van der Waals surface area contributed by atoms with Gasteiger partial charge in [-0.25, -0.2) is 29.7 Å². The van der Waals surface area contributed by atoms with Crippen molar-refractivity contribution in [1.82, 2.24) is 34.2 Å². The third kappa shape index (κ3) is 4.80. The fourth-order valence-electron chi connectivity index (χ4n) is 5.39. The van der Waals surface area contributed by atoms with E-state index in [1.165, 1.54) is 18.3 Å². The minimum absolute atomic E-state index is 0.00976. The van der Waals surface area contributed by atoms with Crippen molar-refractivity contribution >= 4 is 40.8 Å². The number of hydrogen-bond donors (Lipinski definition) is 2. The van der Waals surface area contributed by atoms with Crippen LogP contribution >= 0.6 is 0 Å². The molecule has 5 heterocycles. The molecule has 3 atom stereocenters. The number of nitrogens with zero attached hydrogens (tertiary/aromatic N) is 8. The van der Waals surface area contributed by atoms with Gasteiger partial charge in [0.1, 0.15) is 30.3 Å². The summed E-state index contributed by atoms with van der Waals surface area (Å²) in [5, 5.41) is 6.23. The molecule has 42 heavy (non-hydrogen) atoms. The van der Waals surface area contributed by atoms with Gasteiger partial charge in [0.05, 0.1) is 17.4 Å². The van der Waals surface area contributed by atoms with Gasteiger partial charge in [-0.1, -0.05) is 0 Å². The maximum atomic E-state index is 12.9. The van der Waals surface area contributed by atoms with E-state index in [4.69, 9.17) is 4.98 Å². The molecule has 7 rings (SSSR count). The van der Waals surface area contributed by atoms with Crippen LogP contribution in [0.1, 0.15) is 66.8 Å². The van der Waals surface area contributed by atoms with E-state index in [0.29, 0.717) is 41.1 Å². The molecule has 3 aliphatic rings. The number of carbonyl (C=O) groups is 3. The largest absolute Gasteiger partial charge is 0.362 e. The van der Waals surface area contributed by atoms with Crippen molar-refractivity contribution in [3.05, 3.63) is 65.9 Å². The van der Waals surface area contributed by atoms with E-state index in [1.807, 2.05) is 36.6 Å². The molecule has 2 N–H and O–H groups in total. The van der Waals surface area contributed by atoms with Gasteiger partial charge in [-0.15, -0.1) is 0 Å². The van der Waals surface area contributed by atoms with Crippen LogP contribution in [-0.2, 0) is 9.59 Å². The number of aromatic nitrogens is 6. The minimum Gasteiger partial charge on any atom is -0.362 e. The molecular formula is C29H30N10O3. The summed E-state index contributed by atoms with van der Waals surface area (Å²) in [6.45, 7) is 3.85. The number of carbonyl (C=O) groups excluding carboxylic acids is 3. The molecule has 1 aliphatic heterocycles. The molecule has 0 bridgehead atoms. The maximum absolute atomic E-state index is 12.9. The van der Waals surface area contributed by atoms with E-state index in [9.17, 15) is 14.4 Å². The normalized spacial score (nSPS) is 20.7. The smallest absolute Gasteiger partial charge is 0.331 e. The van der Waals surface area contributed by atoms with Gasteiger partial charge in [0.2, 0.25) is 11.8 Å². The van der Waals surface area contributed by atoms with E-state index in [1.54, 1.807) is 12.3 Å². The zero-order valence-corrected chi connectivity index (χ0v) is 23.5. The molecule has 0 spiro atoms. The van der Waals surface area contributed by atoms with Crippen LogP contribution in [0, 0.1) is 12.8 Å². The van der Waals surface area contributed by atoms with Crippen molar-refractivity contribution in [2.45, 2.75) is 51.0 Å². The highest BCUT2D eigenvalue weighted by molar-refractivity contribution is 6.13. The quantitative estimate of drug-likeness (QED) is 0.306. The summed E-state index contributed by atoms with van der Waals surface area (Å²) in [5.41, 5.74) is 3.97. The van der Waals surface area contributed by atoms with Crippen molar-refractivity contribution in [3.8, 4) is 0 Å². The molecule has 214 valence electrons. The molecule has 0 radical (unpaired) electrons. The van der Waals surface area contributed by atoms with Gasteiger partial charge in [0.15, 0.2) is 5.65 Å². The standard InChI is InChI=1S/C29H30N10O3/c1-15-6-7-30-26(33-15)19-9-20(19)28(41)36-24-10-23(31-14-32-24)34-16(2)21-12-38-11-18(17-4-5-17)8-22(27(38)35-21)39-13-25(40)37(3)29(39)42/h6-8,10-12,14,16-17,19-20H,4-5,9,13H2,1-3H3,(H2,31,32,34,36,41)/t16?,19-,20-/m0/s1. The first-order chi connectivity index (χ1) is 20.2. The lowest BCUT2D eigenvalue weighted by Crippen LogP contribution is -2.30.